The predicted octanol–water partition coefficient (Wildman–Crippen LogP) is 1.36. The number of fused-ring (bicyclic) bond motifs is 4. The predicted molar refractivity (Wildman–Crippen MR) is 78.6 cm³/mol. The summed E-state index contributed by atoms with van der Waals surface area (Å²) in [6, 6.07) is -0.0116. The Bertz CT molecular complexity index is 502. The average Bonchev–Trinajstić information content (AvgIpc) is 2.77. The van der Waals surface area contributed by atoms with Crippen LogP contribution in [0.3, 0.4) is 0 Å². The van der Waals surface area contributed by atoms with E-state index in [1.807, 2.05) is 20.8 Å². The second-order valence-electron chi connectivity index (χ2n) is 6.37. The Hall–Kier alpha value is -1.41. The third kappa shape index (κ3) is 3.26. The van der Waals surface area contributed by atoms with E-state index in [-0.39, 0.29) is 18.2 Å². The molecule has 8 heteroatoms. The Morgan fingerprint density at radius 3 is 2.90 bits per heavy atom. The maximum Gasteiger partial charge on any atom is 0.410 e. The van der Waals surface area contributed by atoms with Gasteiger partial charge in [0.1, 0.15) is 11.1 Å². The summed E-state index contributed by atoms with van der Waals surface area (Å²) in [5.74, 6) is 0. The first-order valence-corrected chi connectivity index (χ1v) is 7.93. The smallest absolute Gasteiger partial charge is 0.410 e. The van der Waals surface area contributed by atoms with Gasteiger partial charge in [-0.15, -0.1) is 10.2 Å². The van der Waals surface area contributed by atoms with Crippen LogP contribution in [0.5, 0.6) is 0 Å². The van der Waals surface area contributed by atoms with Gasteiger partial charge in [-0.05, 0) is 20.8 Å². The molecule has 3 aliphatic rings. The topological polar surface area (TPSA) is 67.8 Å². The molecule has 0 saturated carbocycles. The molecule has 1 aromatic heterocycles. The third-order valence-corrected chi connectivity index (χ3v) is 4.22. The van der Waals surface area contributed by atoms with Crippen molar-refractivity contribution >= 4 is 22.6 Å². The molecule has 0 aromatic carbocycles. The van der Waals surface area contributed by atoms with Crippen LogP contribution in [0.1, 0.15) is 20.8 Å². The Morgan fingerprint density at radius 2 is 2.24 bits per heavy atom. The van der Waals surface area contributed by atoms with E-state index >= 15 is 0 Å². The van der Waals surface area contributed by atoms with Crippen molar-refractivity contribution in [1.82, 2.24) is 15.1 Å². The molecule has 1 amide bonds. The molecule has 0 spiro atoms. The van der Waals surface area contributed by atoms with Gasteiger partial charge in [0.15, 0.2) is 0 Å². The molecule has 4 heterocycles. The SMILES string of the molecule is CC(C)(C)OC(=O)N1CC2CN(c3nncs3)CC1CO2. The van der Waals surface area contributed by atoms with Gasteiger partial charge in [0, 0.05) is 13.1 Å². The molecule has 116 valence electrons. The summed E-state index contributed by atoms with van der Waals surface area (Å²) in [6.45, 7) is 8.17. The van der Waals surface area contributed by atoms with Gasteiger partial charge in [-0.2, -0.15) is 0 Å². The van der Waals surface area contributed by atoms with E-state index in [1.165, 1.54) is 11.3 Å². The number of morpholine rings is 1. The molecule has 0 aliphatic carbocycles. The highest BCUT2D eigenvalue weighted by Gasteiger charge is 2.40. The molecule has 1 aromatic rings. The monoisotopic (exact) mass is 312 g/mol. The molecular formula is C13H20N4O3S. The number of carbonyl (C=O) groups excluding carboxylic acids is 1. The van der Waals surface area contributed by atoms with Crippen LogP contribution in [0, 0.1) is 0 Å². The van der Waals surface area contributed by atoms with Gasteiger partial charge < -0.3 is 14.4 Å². The number of hydrogen-bond donors (Lipinski definition) is 0. The molecule has 3 aliphatic heterocycles. The second kappa shape index (κ2) is 5.42. The number of carbonyl (C=O) groups is 1. The number of nitrogens with zero attached hydrogens (tertiary/aromatic N) is 4. The minimum atomic E-state index is -0.484. The summed E-state index contributed by atoms with van der Waals surface area (Å²) >= 11 is 1.50. The summed E-state index contributed by atoms with van der Waals surface area (Å²) in [5.41, 5.74) is 1.23. The molecule has 7 nitrogen and oxygen atoms in total. The van der Waals surface area contributed by atoms with Crippen LogP contribution >= 0.6 is 11.3 Å². The third-order valence-electron chi connectivity index (χ3n) is 3.47. The highest BCUT2D eigenvalue weighted by molar-refractivity contribution is 7.13. The van der Waals surface area contributed by atoms with Gasteiger partial charge in [-0.1, -0.05) is 11.3 Å². The highest BCUT2D eigenvalue weighted by atomic mass is 32.1. The number of anilines is 1. The summed E-state index contributed by atoms with van der Waals surface area (Å²) in [4.78, 5) is 16.3. The maximum atomic E-state index is 12.4. The van der Waals surface area contributed by atoms with Crippen LogP contribution in [-0.4, -0.2) is 65.2 Å². The van der Waals surface area contributed by atoms with E-state index in [0.717, 1.165) is 11.7 Å². The molecule has 2 unspecified atom stereocenters. The van der Waals surface area contributed by atoms with E-state index in [2.05, 4.69) is 15.1 Å². The Kier molecular flexibility index (Phi) is 3.75. The fourth-order valence-corrected chi connectivity index (χ4v) is 3.18. The molecule has 21 heavy (non-hydrogen) atoms. The lowest BCUT2D eigenvalue weighted by Crippen LogP contribution is -2.53. The minimum absolute atomic E-state index is 0.0116. The van der Waals surface area contributed by atoms with Crippen molar-refractivity contribution in [2.24, 2.45) is 0 Å². The lowest BCUT2D eigenvalue weighted by molar-refractivity contribution is -0.0531. The summed E-state index contributed by atoms with van der Waals surface area (Å²) < 4.78 is 11.3. The van der Waals surface area contributed by atoms with Gasteiger partial charge >= 0.3 is 6.09 Å². The maximum absolute atomic E-state index is 12.4. The zero-order chi connectivity index (χ0) is 15.0. The van der Waals surface area contributed by atoms with Crippen LogP contribution in [0.4, 0.5) is 9.93 Å². The van der Waals surface area contributed by atoms with Crippen molar-refractivity contribution in [1.29, 1.82) is 0 Å². The number of hydrogen-bond acceptors (Lipinski definition) is 7. The zero-order valence-electron chi connectivity index (χ0n) is 12.5. The first-order chi connectivity index (χ1) is 9.92. The summed E-state index contributed by atoms with van der Waals surface area (Å²) in [7, 11) is 0. The fraction of sp³-hybridized carbons (Fsp3) is 0.769. The molecule has 0 N–H and O–H groups in total. The normalized spacial score (nSPS) is 25.9. The Balaban J connectivity index is 1.74. The van der Waals surface area contributed by atoms with Crippen molar-refractivity contribution in [2.45, 2.75) is 38.5 Å². The van der Waals surface area contributed by atoms with Gasteiger partial charge in [0.25, 0.3) is 0 Å². The van der Waals surface area contributed by atoms with E-state index in [0.29, 0.717) is 19.7 Å². The quantitative estimate of drug-likeness (QED) is 0.780. The van der Waals surface area contributed by atoms with Crippen molar-refractivity contribution in [3.8, 4) is 0 Å². The minimum Gasteiger partial charge on any atom is -0.444 e. The van der Waals surface area contributed by atoms with Crippen molar-refractivity contribution < 1.29 is 14.3 Å². The second-order valence-corrected chi connectivity index (χ2v) is 7.18. The van der Waals surface area contributed by atoms with Crippen LogP contribution in [0.15, 0.2) is 5.51 Å². The molecule has 0 radical (unpaired) electrons. The van der Waals surface area contributed by atoms with Crippen LogP contribution < -0.4 is 4.90 Å². The first kappa shape index (κ1) is 14.5. The van der Waals surface area contributed by atoms with Crippen molar-refractivity contribution in [3.63, 3.8) is 0 Å². The van der Waals surface area contributed by atoms with Gasteiger partial charge in [-0.3, -0.25) is 4.90 Å². The zero-order valence-corrected chi connectivity index (χ0v) is 13.3. The molecule has 2 atom stereocenters. The number of ether oxygens (including phenoxy) is 2. The molecule has 3 saturated heterocycles. The van der Waals surface area contributed by atoms with Gasteiger partial charge in [0.05, 0.1) is 25.3 Å². The Labute approximate surface area is 127 Å². The van der Waals surface area contributed by atoms with E-state index in [1.54, 1.807) is 10.4 Å². The van der Waals surface area contributed by atoms with E-state index < -0.39 is 5.60 Å². The molecule has 2 bridgehead atoms. The summed E-state index contributed by atoms with van der Waals surface area (Å²) in [6.07, 6.45) is -0.278. The fourth-order valence-electron chi connectivity index (χ4n) is 2.60. The number of amides is 1. The lowest BCUT2D eigenvalue weighted by atomic mass is 10.2. The average molecular weight is 312 g/mol. The van der Waals surface area contributed by atoms with Crippen LogP contribution in [-0.2, 0) is 9.47 Å². The van der Waals surface area contributed by atoms with Crippen LogP contribution in [0.25, 0.3) is 0 Å². The standard InChI is InChI=1S/C13H20N4O3S/c1-13(2,3)20-12(18)17-6-10-5-16(4-9(17)7-19-10)11-15-14-8-21-11/h8-10H,4-7H2,1-3H3. The van der Waals surface area contributed by atoms with Gasteiger partial charge in [-0.25, -0.2) is 4.79 Å². The molecule has 3 fully saturated rings. The Morgan fingerprint density at radius 1 is 1.43 bits per heavy atom. The number of rotatable bonds is 1. The number of aromatic nitrogens is 2. The molecule has 4 rings (SSSR count). The first-order valence-electron chi connectivity index (χ1n) is 7.05. The van der Waals surface area contributed by atoms with Crippen molar-refractivity contribution in [2.75, 3.05) is 31.1 Å². The summed E-state index contributed by atoms with van der Waals surface area (Å²) in [5, 5.41) is 8.87. The van der Waals surface area contributed by atoms with Crippen LogP contribution in [0.2, 0.25) is 0 Å². The highest BCUT2D eigenvalue weighted by Crippen LogP contribution is 2.26. The lowest BCUT2D eigenvalue weighted by Gasteiger charge is -2.36. The van der Waals surface area contributed by atoms with Crippen molar-refractivity contribution in [3.05, 3.63) is 5.51 Å². The van der Waals surface area contributed by atoms with E-state index in [4.69, 9.17) is 9.47 Å². The van der Waals surface area contributed by atoms with E-state index in [9.17, 15) is 4.79 Å². The van der Waals surface area contributed by atoms with Gasteiger partial charge in [0.2, 0.25) is 5.13 Å². The molecular weight excluding hydrogens is 292 g/mol. The largest absolute Gasteiger partial charge is 0.444 e.